The second-order valence-electron chi connectivity index (χ2n) is 5.00. The summed E-state index contributed by atoms with van der Waals surface area (Å²) in [5.74, 6) is 0.523. The van der Waals surface area contributed by atoms with Crippen LogP contribution in [0.1, 0.15) is 0 Å². The molecule has 1 aromatic carbocycles. The monoisotopic (exact) mass is 306 g/mol. The number of piperazine rings is 1. The molecule has 2 heterocycles. The van der Waals surface area contributed by atoms with E-state index in [1.165, 1.54) is 12.1 Å². The highest BCUT2D eigenvalue weighted by molar-refractivity contribution is 6.29. The average Bonchev–Trinajstić information content (AvgIpc) is 2.51. The Balaban J connectivity index is 1.70. The van der Waals surface area contributed by atoms with Crippen LogP contribution in [0.5, 0.6) is 0 Å². The van der Waals surface area contributed by atoms with E-state index in [9.17, 15) is 4.39 Å². The van der Waals surface area contributed by atoms with Gasteiger partial charge in [0.15, 0.2) is 5.82 Å². The predicted molar refractivity (Wildman–Crippen MR) is 84.5 cm³/mol. The zero-order valence-corrected chi connectivity index (χ0v) is 12.2. The largest absolute Gasteiger partial charge is 0.396 e. The molecule has 2 aromatic rings. The zero-order valence-electron chi connectivity index (χ0n) is 11.5. The molecule has 0 bridgehead atoms. The molecule has 1 fully saturated rings. The van der Waals surface area contributed by atoms with E-state index in [4.69, 9.17) is 17.3 Å². The van der Waals surface area contributed by atoms with Crippen LogP contribution in [0.15, 0.2) is 36.4 Å². The maximum atomic E-state index is 13.0. The lowest BCUT2D eigenvalue weighted by molar-refractivity contribution is 0.624. The number of anilines is 3. The van der Waals surface area contributed by atoms with E-state index in [1.54, 1.807) is 24.3 Å². The summed E-state index contributed by atoms with van der Waals surface area (Å²) in [6.07, 6.45) is 0. The number of nitrogens with two attached hydrogens (primary N) is 1. The summed E-state index contributed by atoms with van der Waals surface area (Å²) in [6.45, 7) is 3.27. The van der Waals surface area contributed by atoms with Crippen LogP contribution in [0.25, 0.3) is 0 Å². The van der Waals surface area contributed by atoms with Crippen LogP contribution in [-0.4, -0.2) is 31.2 Å². The molecule has 0 radical (unpaired) electrons. The van der Waals surface area contributed by atoms with Gasteiger partial charge < -0.3 is 15.5 Å². The first-order valence-corrected chi connectivity index (χ1v) is 7.19. The fraction of sp³-hybridized carbons (Fsp3) is 0.267. The minimum atomic E-state index is -0.215. The van der Waals surface area contributed by atoms with E-state index in [0.717, 1.165) is 37.7 Å². The second kappa shape index (κ2) is 5.77. The summed E-state index contributed by atoms with van der Waals surface area (Å²) in [4.78, 5) is 8.65. The van der Waals surface area contributed by atoms with Gasteiger partial charge in [0.05, 0.1) is 5.69 Å². The summed E-state index contributed by atoms with van der Waals surface area (Å²) in [5, 5.41) is 0.445. The highest BCUT2D eigenvalue weighted by Gasteiger charge is 2.20. The lowest BCUT2D eigenvalue weighted by Gasteiger charge is -2.37. The number of nitrogen functional groups attached to an aromatic ring is 1. The third kappa shape index (κ3) is 3.03. The van der Waals surface area contributed by atoms with E-state index in [0.29, 0.717) is 10.8 Å². The van der Waals surface area contributed by atoms with Crippen LogP contribution in [0.4, 0.5) is 21.6 Å². The number of hydrogen-bond donors (Lipinski definition) is 1. The molecular weight excluding hydrogens is 291 g/mol. The van der Waals surface area contributed by atoms with Crippen molar-refractivity contribution in [2.45, 2.75) is 0 Å². The van der Waals surface area contributed by atoms with Gasteiger partial charge in [-0.05, 0) is 36.4 Å². The SMILES string of the molecule is Nc1ccc(Cl)nc1N1CCN(c2ccc(F)cc2)CC1. The van der Waals surface area contributed by atoms with Gasteiger partial charge >= 0.3 is 0 Å². The molecule has 1 saturated heterocycles. The van der Waals surface area contributed by atoms with E-state index in [2.05, 4.69) is 14.8 Å². The number of benzene rings is 1. The lowest BCUT2D eigenvalue weighted by atomic mass is 10.2. The van der Waals surface area contributed by atoms with Gasteiger partial charge in [-0.2, -0.15) is 0 Å². The number of aromatic nitrogens is 1. The Morgan fingerprint density at radius 2 is 1.57 bits per heavy atom. The second-order valence-corrected chi connectivity index (χ2v) is 5.38. The first kappa shape index (κ1) is 13.9. The summed E-state index contributed by atoms with van der Waals surface area (Å²) >= 11 is 5.94. The van der Waals surface area contributed by atoms with Gasteiger partial charge in [0.25, 0.3) is 0 Å². The van der Waals surface area contributed by atoms with Gasteiger partial charge in [-0.25, -0.2) is 9.37 Å². The highest BCUT2D eigenvalue weighted by atomic mass is 35.5. The molecular formula is C15H16ClFN4. The Morgan fingerprint density at radius 3 is 2.24 bits per heavy atom. The van der Waals surface area contributed by atoms with Crippen LogP contribution in [0, 0.1) is 5.82 Å². The number of nitrogens with zero attached hydrogens (tertiary/aromatic N) is 3. The maximum absolute atomic E-state index is 13.0. The molecule has 0 amide bonds. The normalized spacial score (nSPS) is 15.3. The molecule has 21 heavy (non-hydrogen) atoms. The first-order chi connectivity index (χ1) is 10.1. The van der Waals surface area contributed by atoms with Crippen LogP contribution >= 0.6 is 11.6 Å². The molecule has 0 aliphatic carbocycles. The number of hydrogen-bond acceptors (Lipinski definition) is 4. The Kier molecular flexibility index (Phi) is 3.84. The van der Waals surface area contributed by atoms with Crippen molar-refractivity contribution in [3.63, 3.8) is 0 Å². The van der Waals surface area contributed by atoms with Crippen LogP contribution < -0.4 is 15.5 Å². The van der Waals surface area contributed by atoms with Crippen molar-refractivity contribution in [3.8, 4) is 0 Å². The van der Waals surface area contributed by atoms with Crippen LogP contribution in [0.2, 0.25) is 5.15 Å². The molecule has 3 rings (SSSR count). The van der Waals surface area contributed by atoms with E-state index in [-0.39, 0.29) is 5.82 Å². The smallest absolute Gasteiger partial charge is 0.153 e. The Morgan fingerprint density at radius 1 is 0.952 bits per heavy atom. The number of rotatable bonds is 2. The van der Waals surface area contributed by atoms with Gasteiger partial charge in [0, 0.05) is 31.9 Å². The van der Waals surface area contributed by atoms with Crippen LogP contribution in [0.3, 0.4) is 0 Å². The van der Waals surface area contributed by atoms with Crippen molar-refractivity contribution < 1.29 is 4.39 Å². The van der Waals surface area contributed by atoms with Crippen molar-refractivity contribution in [2.75, 3.05) is 41.7 Å². The zero-order chi connectivity index (χ0) is 14.8. The van der Waals surface area contributed by atoms with Gasteiger partial charge in [0.1, 0.15) is 11.0 Å². The van der Waals surface area contributed by atoms with E-state index >= 15 is 0 Å². The van der Waals surface area contributed by atoms with Gasteiger partial charge in [0.2, 0.25) is 0 Å². The minimum Gasteiger partial charge on any atom is -0.396 e. The van der Waals surface area contributed by atoms with Gasteiger partial charge in [-0.3, -0.25) is 0 Å². The molecule has 0 unspecified atom stereocenters. The minimum absolute atomic E-state index is 0.215. The molecule has 0 saturated carbocycles. The molecule has 110 valence electrons. The number of halogens is 2. The van der Waals surface area contributed by atoms with Crippen LogP contribution in [-0.2, 0) is 0 Å². The summed E-state index contributed by atoms with van der Waals surface area (Å²) < 4.78 is 13.0. The third-order valence-corrected chi connectivity index (χ3v) is 3.85. The van der Waals surface area contributed by atoms with Gasteiger partial charge in [-0.1, -0.05) is 11.6 Å². The lowest BCUT2D eigenvalue weighted by Crippen LogP contribution is -2.47. The molecule has 4 nitrogen and oxygen atoms in total. The molecule has 1 aromatic heterocycles. The van der Waals surface area contributed by atoms with Crippen molar-refractivity contribution in [1.82, 2.24) is 4.98 Å². The molecule has 0 atom stereocenters. The van der Waals surface area contributed by atoms with E-state index in [1.807, 2.05) is 0 Å². The highest BCUT2D eigenvalue weighted by Crippen LogP contribution is 2.25. The van der Waals surface area contributed by atoms with Crippen molar-refractivity contribution in [3.05, 3.63) is 47.4 Å². The molecule has 0 spiro atoms. The third-order valence-electron chi connectivity index (χ3n) is 3.64. The predicted octanol–water partition coefficient (Wildman–Crippen LogP) is 2.78. The standard InChI is InChI=1S/C15H16ClFN4/c16-14-6-5-13(18)15(19-14)21-9-7-20(8-10-21)12-3-1-11(17)2-4-12/h1-6H,7-10,18H2. The van der Waals surface area contributed by atoms with Gasteiger partial charge in [-0.15, -0.1) is 0 Å². The summed E-state index contributed by atoms with van der Waals surface area (Å²) in [7, 11) is 0. The molecule has 1 aliphatic rings. The Labute approximate surface area is 127 Å². The fourth-order valence-electron chi connectivity index (χ4n) is 2.52. The van der Waals surface area contributed by atoms with Crippen molar-refractivity contribution in [2.24, 2.45) is 0 Å². The molecule has 1 aliphatic heterocycles. The summed E-state index contributed by atoms with van der Waals surface area (Å²) in [5.41, 5.74) is 7.63. The molecule has 6 heteroatoms. The maximum Gasteiger partial charge on any atom is 0.153 e. The Hall–Kier alpha value is -2.01. The van der Waals surface area contributed by atoms with Crippen molar-refractivity contribution in [1.29, 1.82) is 0 Å². The fourth-order valence-corrected chi connectivity index (χ4v) is 2.66. The Bertz CT molecular complexity index is 624. The quantitative estimate of drug-likeness (QED) is 0.867. The molecule has 2 N–H and O–H groups in total. The topological polar surface area (TPSA) is 45.4 Å². The summed E-state index contributed by atoms with van der Waals surface area (Å²) in [6, 6.07) is 10.0. The number of pyridine rings is 1. The van der Waals surface area contributed by atoms with Crippen molar-refractivity contribution >= 4 is 28.8 Å². The average molecular weight is 307 g/mol. The first-order valence-electron chi connectivity index (χ1n) is 6.81. The van der Waals surface area contributed by atoms with E-state index < -0.39 is 0 Å².